The molecule has 2 aliphatic heterocycles. The maximum absolute atomic E-state index is 6.51. The molecule has 0 N–H and O–H groups in total. The van der Waals surface area contributed by atoms with Crippen LogP contribution in [-0.4, -0.2) is 32.6 Å². The van der Waals surface area contributed by atoms with Gasteiger partial charge in [0.2, 0.25) is 0 Å². The van der Waals surface area contributed by atoms with E-state index in [1.54, 1.807) is 0 Å². The van der Waals surface area contributed by atoms with Crippen LogP contribution < -0.4 is 26.7 Å². The molecule has 3 heterocycles. The van der Waals surface area contributed by atoms with Crippen molar-refractivity contribution in [3.63, 3.8) is 0 Å². The van der Waals surface area contributed by atoms with Crippen molar-refractivity contribution in [2.24, 2.45) is 0 Å². The molecule has 0 saturated carbocycles. The van der Waals surface area contributed by atoms with Gasteiger partial charge in [-0.05, 0) is 12.1 Å². The van der Waals surface area contributed by atoms with E-state index in [9.17, 15) is 0 Å². The first kappa shape index (κ1) is 26.6. The molecule has 6 heteroatoms. The third-order valence-corrected chi connectivity index (χ3v) is 10.8. The number of benzene rings is 4. The molecule has 0 aliphatic carbocycles. The molecule has 7 rings (SSSR count). The second-order valence-electron chi connectivity index (χ2n) is 11.5. The van der Waals surface area contributed by atoms with Crippen LogP contribution in [0.2, 0.25) is 0 Å². The van der Waals surface area contributed by atoms with Crippen LogP contribution in [0, 0.1) is 0 Å². The van der Waals surface area contributed by atoms with Crippen LogP contribution in [0.25, 0.3) is 0 Å². The molecule has 1 aromatic heterocycles. The molecular formula is C36H32N4OTe. The van der Waals surface area contributed by atoms with E-state index >= 15 is 0 Å². The van der Waals surface area contributed by atoms with E-state index in [0.29, 0.717) is 0 Å². The first-order valence-electron chi connectivity index (χ1n) is 14.1. The van der Waals surface area contributed by atoms with Gasteiger partial charge in [0.25, 0.3) is 0 Å². The number of hydrogen-bond donors (Lipinski definition) is 0. The first-order chi connectivity index (χ1) is 20.4. The molecule has 0 fully saturated rings. The number of rotatable bonds is 5. The van der Waals surface area contributed by atoms with Gasteiger partial charge in [0.1, 0.15) is 0 Å². The van der Waals surface area contributed by atoms with Crippen LogP contribution in [-0.2, 0) is 5.41 Å². The minimum atomic E-state index is -0.546. The van der Waals surface area contributed by atoms with E-state index in [1.165, 1.54) is 24.2 Å². The van der Waals surface area contributed by atoms with E-state index < -0.39 is 20.9 Å². The number of fused-ring (bicyclic) bond motifs is 2. The number of para-hydroxylation sites is 2. The van der Waals surface area contributed by atoms with Gasteiger partial charge < -0.3 is 0 Å². The van der Waals surface area contributed by atoms with E-state index in [0.717, 1.165) is 35.4 Å². The third kappa shape index (κ3) is 5.25. The Morgan fingerprint density at radius 3 is 2.21 bits per heavy atom. The standard InChI is InChI=1S/C36H32N4OTe/c1-36(2,3)26-18-19-37-35(22-26)40-31-14-7-8-15-33(31)42-34-17-16-30(24-32(34)40)41-29-13-9-12-28(23-29)39-21-20-38(25-39)27-10-5-4-6-11-27/h4-24H,25H2,1-3H3. The van der Waals surface area contributed by atoms with Crippen molar-refractivity contribution in [1.82, 2.24) is 4.98 Å². The van der Waals surface area contributed by atoms with Gasteiger partial charge in [-0.3, -0.25) is 0 Å². The SMILES string of the molecule is CC(C)(C)c1ccnc(N2c3ccccc3[Te]c3ccc(Oc4cccc(N5C=CN(c6ccccc6)C5)c4)cc32)c1. The molecule has 208 valence electrons. The molecule has 5 aromatic rings. The zero-order valence-electron chi connectivity index (χ0n) is 23.9. The van der Waals surface area contributed by atoms with Gasteiger partial charge in [-0.1, -0.05) is 18.2 Å². The summed E-state index contributed by atoms with van der Waals surface area (Å²) in [5.41, 5.74) is 5.93. The predicted octanol–water partition coefficient (Wildman–Crippen LogP) is 7.36. The van der Waals surface area contributed by atoms with Crippen LogP contribution in [0.5, 0.6) is 11.5 Å². The number of pyridine rings is 1. The van der Waals surface area contributed by atoms with Crippen molar-refractivity contribution in [3.05, 3.63) is 133 Å². The Kier molecular flexibility index (Phi) is 6.90. The molecule has 2 aliphatic rings. The summed E-state index contributed by atoms with van der Waals surface area (Å²) >= 11 is -0.546. The minimum absolute atomic E-state index is 0.0304. The molecule has 0 atom stereocenters. The van der Waals surface area contributed by atoms with E-state index in [-0.39, 0.29) is 5.41 Å². The van der Waals surface area contributed by atoms with E-state index in [4.69, 9.17) is 9.72 Å². The third-order valence-electron chi connectivity index (χ3n) is 7.54. The number of nitrogens with zero attached hydrogens (tertiary/aromatic N) is 4. The fourth-order valence-corrected chi connectivity index (χ4v) is 8.25. The zero-order valence-corrected chi connectivity index (χ0v) is 26.3. The zero-order chi connectivity index (χ0) is 28.7. The molecule has 0 saturated heterocycles. The summed E-state index contributed by atoms with van der Waals surface area (Å²) in [6.45, 7) is 7.49. The Hall–Kier alpha value is -4.24. The Bertz CT molecular complexity index is 1780. The van der Waals surface area contributed by atoms with Crippen LogP contribution in [0.3, 0.4) is 0 Å². The molecular weight excluding hydrogens is 632 g/mol. The van der Waals surface area contributed by atoms with Gasteiger partial charge in [-0.25, -0.2) is 0 Å². The monoisotopic (exact) mass is 666 g/mol. The molecule has 4 aromatic carbocycles. The fraction of sp³-hybridized carbons (Fsp3) is 0.139. The molecule has 42 heavy (non-hydrogen) atoms. The Balaban J connectivity index is 1.19. The van der Waals surface area contributed by atoms with E-state index in [1.807, 2.05) is 18.3 Å². The average Bonchev–Trinajstić information content (AvgIpc) is 3.51. The van der Waals surface area contributed by atoms with Crippen molar-refractivity contribution >= 4 is 56.7 Å². The number of anilines is 5. The molecule has 0 unspecified atom stereocenters. The molecule has 0 radical (unpaired) electrons. The summed E-state index contributed by atoms with van der Waals surface area (Å²) in [5.74, 6) is 2.56. The average molecular weight is 664 g/mol. The van der Waals surface area contributed by atoms with Crippen molar-refractivity contribution in [2.45, 2.75) is 26.2 Å². The van der Waals surface area contributed by atoms with Gasteiger partial charge in [-0.15, -0.1) is 0 Å². The normalized spacial score (nSPS) is 14.1. The second kappa shape index (κ2) is 10.9. The maximum atomic E-state index is 6.51. The summed E-state index contributed by atoms with van der Waals surface area (Å²) in [5, 5.41) is 0. The van der Waals surface area contributed by atoms with Crippen LogP contribution in [0.4, 0.5) is 28.6 Å². The predicted molar refractivity (Wildman–Crippen MR) is 175 cm³/mol. The quantitative estimate of drug-likeness (QED) is 0.180. The van der Waals surface area contributed by atoms with Crippen LogP contribution in [0.1, 0.15) is 26.3 Å². The Morgan fingerprint density at radius 1 is 0.667 bits per heavy atom. The molecule has 0 amide bonds. The van der Waals surface area contributed by atoms with Gasteiger partial charge in [-0.2, -0.15) is 0 Å². The van der Waals surface area contributed by atoms with Crippen molar-refractivity contribution in [2.75, 3.05) is 21.4 Å². The summed E-state index contributed by atoms with van der Waals surface area (Å²) in [4.78, 5) is 11.6. The van der Waals surface area contributed by atoms with Gasteiger partial charge in [0.05, 0.1) is 0 Å². The van der Waals surface area contributed by atoms with Crippen LogP contribution in [0.15, 0.2) is 128 Å². The first-order valence-corrected chi connectivity index (χ1v) is 16.5. The second-order valence-corrected chi connectivity index (χ2v) is 14.6. The Morgan fingerprint density at radius 2 is 1.38 bits per heavy atom. The summed E-state index contributed by atoms with van der Waals surface area (Å²) in [6, 6.07) is 38.4. The van der Waals surface area contributed by atoms with Crippen molar-refractivity contribution in [3.8, 4) is 11.5 Å². The van der Waals surface area contributed by atoms with Gasteiger partial charge in [0.15, 0.2) is 0 Å². The number of aromatic nitrogens is 1. The van der Waals surface area contributed by atoms with Crippen LogP contribution >= 0.6 is 0 Å². The number of hydrogen-bond acceptors (Lipinski definition) is 5. The van der Waals surface area contributed by atoms with Gasteiger partial charge >= 0.3 is 229 Å². The Labute approximate surface area is 257 Å². The molecule has 0 spiro atoms. The number of ether oxygens (including phenoxy) is 1. The van der Waals surface area contributed by atoms with E-state index in [2.05, 4.69) is 145 Å². The fourth-order valence-electron chi connectivity index (χ4n) is 5.29. The molecule has 5 nitrogen and oxygen atoms in total. The van der Waals surface area contributed by atoms with Gasteiger partial charge in [0, 0.05) is 0 Å². The topological polar surface area (TPSA) is 31.8 Å². The summed E-state index contributed by atoms with van der Waals surface area (Å²) in [6.07, 6.45) is 6.16. The summed E-state index contributed by atoms with van der Waals surface area (Å²) in [7, 11) is 0. The van der Waals surface area contributed by atoms with Crippen molar-refractivity contribution < 1.29 is 4.74 Å². The molecule has 0 bridgehead atoms. The summed E-state index contributed by atoms with van der Waals surface area (Å²) < 4.78 is 9.31. The van der Waals surface area contributed by atoms with Crippen molar-refractivity contribution in [1.29, 1.82) is 0 Å².